The maximum Gasteiger partial charge on any atom is 0.175 e. The molecule has 5 heteroatoms. The Morgan fingerprint density at radius 2 is 1.90 bits per heavy atom. The molecule has 0 bridgehead atoms. The van der Waals surface area contributed by atoms with E-state index >= 15 is 0 Å². The zero-order valence-electron chi connectivity index (χ0n) is 15.8. The average molecular weight is 403 g/mol. The molecule has 0 amide bonds. The zero-order chi connectivity index (χ0) is 20.2. The minimum absolute atomic E-state index is 0.0930. The van der Waals surface area contributed by atoms with E-state index in [1.165, 1.54) is 0 Å². The molecule has 1 aromatic heterocycles. The molecule has 1 aliphatic carbocycles. The Bertz CT molecular complexity index is 1130. The largest absolute Gasteiger partial charge is 0.476 e. The fourth-order valence-electron chi connectivity index (χ4n) is 5.17. The highest BCUT2D eigenvalue weighted by molar-refractivity contribution is 6.30. The third kappa shape index (κ3) is 2.32. The van der Waals surface area contributed by atoms with E-state index in [0.29, 0.717) is 22.0 Å². The van der Waals surface area contributed by atoms with Crippen LogP contribution < -0.4 is 4.74 Å². The minimum Gasteiger partial charge on any atom is -0.476 e. The van der Waals surface area contributed by atoms with E-state index in [-0.39, 0.29) is 11.8 Å². The number of nitrogens with zero attached hydrogens (tertiary/aromatic N) is 2. The van der Waals surface area contributed by atoms with Gasteiger partial charge in [-0.3, -0.25) is 4.98 Å². The van der Waals surface area contributed by atoms with E-state index in [2.05, 4.69) is 23.2 Å². The summed E-state index contributed by atoms with van der Waals surface area (Å²) in [4.78, 5) is 4.50. The number of hydrogen-bond acceptors (Lipinski definition) is 4. The van der Waals surface area contributed by atoms with Gasteiger partial charge in [-0.25, -0.2) is 0 Å². The fraction of sp³-hybridized carbons (Fsp3) is 0.250. The first kappa shape index (κ1) is 18.2. The van der Waals surface area contributed by atoms with Crippen LogP contribution in [0.2, 0.25) is 5.02 Å². The van der Waals surface area contributed by atoms with E-state index in [1.807, 2.05) is 37.3 Å². The molecule has 1 fully saturated rings. The molecular weight excluding hydrogens is 384 g/mol. The van der Waals surface area contributed by atoms with Gasteiger partial charge < -0.3 is 9.84 Å². The van der Waals surface area contributed by atoms with Crippen molar-refractivity contribution in [3.05, 3.63) is 94.3 Å². The Balaban J connectivity index is 1.79. The summed E-state index contributed by atoms with van der Waals surface area (Å²) in [6.07, 6.45) is 2.30. The van der Waals surface area contributed by atoms with Gasteiger partial charge in [0.2, 0.25) is 0 Å². The number of aromatic nitrogens is 1. The van der Waals surface area contributed by atoms with Crippen LogP contribution in [-0.4, -0.2) is 10.1 Å². The molecule has 29 heavy (non-hydrogen) atoms. The summed E-state index contributed by atoms with van der Waals surface area (Å²) >= 11 is 6.19. The molecule has 2 aromatic carbocycles. The van der Waals surface area contributed by atoms with E-state index in [4.69, 9.17) is 16.3 Å². The van der Waals surface area contributed by atoms with Crippen LogP contribution in [0.3, 0.4) is 0 Å². The topological polar surface area (TPSA) is 66.1 Å². The summed E-state index contributed by atoms with van der Waals surface area (Å²) < 4.78 is 6.62. The fourth-order valence-corrected chi connectivity index (χ4v) is 5.31. The summed E-state index contributed by atoms with van der Waals surface area (Å²) in [6.45, 7) is 2.04. The highest BCUT2D eigenvalue weighted by Gasteiger charge is 2.72. The molecule has 4 atom stereocenters. The van der Waals surface area contributed by atoms with Gasteiger partial charge in [-0.1, -0.05) is 61.0 Å². The first-order valence-electron chi connectivity index (χ1n) is 9.63. The first-order valence-corrected chi connectivity index (χ1v) is 10.0. The van der Waals surface area contributed by atoms with E-state index in [0.717, 1.165) is 17.5 Å². The monoisotopic (exact) mass is 402 g/mol. The van der Waals surface area contributed by atoms with Crippen LogP contribution in [0, 0.1) is 17.2 Å². The molecule has 3 aromatic rings. The number of hydrogen-bond donors (Lipinski definition) is 1. The summed E-state index contributed by atoms with van der Waals surface area (Å²) in [5.74, 6) is 0.319. The Morgan fingerprint density at radius 1 is 1.17 bits per heavy atom. The molecule has 4 nitrogen and oxygen atoms in total. The molecule has 0 radical (unpaired) electrons. The van der Waals surface area contributed by atoms with Gasteiger partial charge >= 0.3 is 0 Å². The third-order valence-corrected chi connectivity index (χ3v) is 6.66. The van der Waals surface area contributed by atoms with Gasteiger partial charge in [0, 0.05) is 18.2 Å². The van der Waals surface area contributed by atoms with Gasteiger partial charge in [0.05, 0.1) is 16.7 Å². The summed E-state index contributed by atoms with van der Waals surface area (Å²) in [5, 5.41) is 21.9. The maximum atomic E-state index is 12.2. The smallest absolute Gasteiger partial charge is 0.175 e. The van der Waals surface area contributed by atoms with Crippen molar-refractivity contribution in [2.75, 3.05) is 0 Å². The molecule has 4 unspecified atom stereocenters. The number of pyridine rings is 1. The number of benzene rings is 2. The second-order valence-electron chi connectivity index (χ2n) is 7.89. The van der Waals surface area contributed by atoms with E-state index in [9.17, 15) is 10.4 Å². The lowest BCUT2D eigenvalue weighted by atomic mass is 9.71. The van der Waals surface area contributed by atoms with Crippen LogP contribution in [0.4, 0.5) is 0 Å². The molecule has 2 aliphatic rings. The van der Waals surface area contributed by atoms with Crippen molar-refractivity contribution in [3.63, 3.8) is 0 Å². The predicted molar refractivity (Wildman–Crippen MR) is 110 cm³/mol. The number of ether oxygens (including phenoxy) is 1. The van der Waals surface area contributed by atoms with Crippen molar-refractivity contribution in [1.29, 1.82) is 5.26 Å². The van der Waals surface area contributed by atoms with Crippen LogP contribution in [0.25, 0.3) is 0 Å². The maximum absolute atomic E-state index is 12.2. The molecule has 144 valence electrons. The second-order valence-corrected chi connectivity index (χ2v) is 8.33. The summed E-state index contributed by atoms with van der Waals surface area (Å²) in [5.41, 5.74) is 0.637. The third-order valence-electron chi connectivity index (χ3n) is 6.46. The van der Waals surface area contributed by atoms with Crippen molar-refractivity contribution in [3.8, 4) is 11.8 Å². The molecule has 1 saturated carbocycles. The molecule has 5 rings (SSSR count). The Morgan fingerprint density at radius 3 is 2.59 bits per heavy atom. The highest BCUT2D eigenvalue weighted by Crippen LogP contribution is 2.68. The van der Waals surface area contributed by atoms with E-state index in [1.54, 1.807) is 24.4 Å². The number of nitriles is 1. The standard InChI is InChI=1S/C24H19ClN2O2/c1-15-11-20(17-5-3-2-4-6-17)24(18-9-7-16(13-26)8-10-18)23(15,28)22-21(29-24)12-19(25)14-27-22/h2-10,12,14-15,20,28H,11H2,1H3. The first-order chi connectivity index (χ1) is 14.0. The molecule has 0 saturated heterocycles. The van der Waals surface area contributed by atoms with Crippen LogP contribution in [0.1, 0.15) is 41.6 Å². The molecule has 2 heterocycles. The number of fused-ring (bicyclic) bond motifs is 3. The van der Waals surface area contributed by atoms with Crippen LogP contribution >= 0.6 is 11.6 Å². The number of aliphatic hydroxyl groups is 1. The molecular formula is C24H19ClN2O2. The van der Waals surface area contributed by atoms with Gasteiger partial charge in [0.1, 0.15) is 11.4 Å². The summed E-state index contributed by atoms with van der Waals surface area (Å²) in [7, 11) is 0. The minimum atomic E-state index is -1.32. The quantitative estimate of drug-likeness (QED) is 0.661. The van der Waals surface area contributed by atoms with Gasteiger partial charge in [-0.05, 0) is 35.6 Å². The molecule has 1 aliphatic heterocycles. The van der Waals surface area contributed by atoms with Crippen molar-refractivity contribution in [1.82, 2.24) is 4.98 Å². The lowest BCUT2D eigenvalue weighted by Crippen LogP contribution is -2.50. The Labute approximate surface area is 174 Å². The normalized spacial score (nSPS) is 29.6. The molecule has 0 spiro atoms. The van der Waals surface area contributed by atoms with Gasteiger partial charge in [0.15, 0.2) is 11.2 Å². The summed E-state index contributed by atoms with van der Waals surface area (Å²) in [6, 6.07) is 21.3. The van der Waals surface area contributed by atoms with Crippen molar-refractivity contribution in [2.24, 2.45) is 5.92 Å². The van der Waals surface area contributed by atoms with Gasteiger partial charge in [-0.2, -0.15) is 5.26 Å². The van der Waals surface area contributed by atoms with Gasteiger partial charge in [0.25, 0.3) is 0 Å². The lowest BCUT2D eigenvalue weighted by molar-refractivity contribution is -0.126. The van der Waals surface area contributed by atoms with Crippen molar-refractivity contribution < 1.29 is 9.84 Å². The van der Waals surface area contributed by atoms with Crippen LogP contribution in [0.15, 0.2) is 66.9 Å². The zero-order valence-corrected chi connectivity index (χ0v) is 16.6. The molecule has 1 N–H and O–H groups in total. The highest BCUT2D eigenvalue weighted by atomic mass is 35.5. The predicted octanol–water partition coefficient (Wildman–Crippen LogP) is 4.91. The average Bonchev–Trinajstić information content (AvgIpc) is 3.14. The SMILES string of the molecule is CC1CC(c2ccccc2)C2(c3ccc(C#N)cc3)Oc3cc(Cl)cnc3C12O. The van der Waals surface area contributed by atoms with Crippen LogP contribution in [-0.2, 0) is 11.2 Å². The number of rotatable bonds is 2. The second kappa shape index (κ2) is 6.32. The Hall–Kier alpha value is -2.87. The van der Waals surface area contributed by atoms with Gasteiger partial charge in [-0.15, -0.1) is 0 Å². The van der Waals surface area contributed by atoms with Crippen molar-refractivity contribution >= 4 is 11.6 Å². The van der Waals surface area contributed by atoms with Crippen LogP contribution in [0.5, 0.6) is 5.75 Å². The number of halogens is 1. The van der Waals surface area contributed by atoms with E-state index < -0.39 is 11.2 Å². The van der Waals surface area contributed by atoms with Crippen molar-refractivity contribution in [2.45, 2.75) is 30.5 Å². The Kier molecular flexibility index (Phi) is 3.96. The lowest BCUT2D eigenvalue weighted by Gasteiger charge is -2.40.